The van der Waals surface area contributed by atoms with E-state index in [0.717, 1.165) is 25.7 Å². The van der Waals surface area contributed by atoms with Crippen LogP contribution in [0.4, 0.5) is 0 Å². The number of aliphatic hydroxyl groups is 1. The Balaban J connectivity index is 0. The quantitative estimate of drug-likeness (QED) is 0.333. The van der Waals surface area contributed by atoms with Gasteiger partial charge in [0.25, 0.3) is 0 Å². The zero-order valence-corrected chi connectivity index (χ0v) is 14.0. The maximum Gasteiger partial charge on any atom is 1.00 e. The molecule has 0 amide bonds. The molecule has 0 bridgehead atoms. The second-order valence-electron chi connectivity index (χ2n) is 4.24. The predicted octanol–water partition coefficient (Wildman–Crippen LogP) is -0.964. The second kappa shape index (κ2) is 10.8. The van der Waals surface area contributed by atoms with Gasteiger partial charge in [0.2, 0.25) is 0 Å². The summed E-state index contributed by atoms with van der Waals surface area (Å²) in [4.78, 5) is 0. The van der Waals surface area contributed by atoms with Crippen LogP contribution in [0.3, 0.4) is 0 Å². The summed E-state index contributed by atoms with van der Waals surface area (Å²) in [6.45, 7) is 3.96. The zero-order chi connectivity index (χ0) is 12.6. The maximum atomic E-state index is 11.0. The van der Waals surface area contributed by atoms with E-state index in [1.54, 1.807) is 0 Å². The molecule has 0 rings (SSSR count). The average molecular weight is 274 g/mol. The maximum absolute atomic E-state index is 11.0. The van der Waals surface area contributed by atoms with Crippen LogP contribution in [0.1, 0.15) is 58.8 Å². The first-order valence-electron chi connectivity index (χ1n) is 6.06. The molecular formula is C11H23NaO4S. The van der Waals surface area contributed by atoms with Crippen molar-refractivity contribution >= 4 is 10.1 Å². The smallest absolute Gasteiger partial charge is 0.748 e. The molecule has 6 heteroatoms. The van der Waals surface area contributed by atoms with Crippen molar-refractivity contribution in [3.05, 3.63) is 0 Å². The van der Waals surface area contributed by atoms with Crippen LogP contribution in [0, 0.1) is 0 Å². The van der Waals surface area contributed by atoms with Crippen LogP contribution in [-0.4, -0.2) is 29.4 Å². The first kappa shape index (κ1) is 20.2. The fourth-order valence-corrected chi connectivity index (χ4v) is 2.70. The topological polar surface area (TPSA) is 77.4 Å². The van der Waals surface area contributed by atoms with Gasteiger partial charge in [-0.3, -0.25) is 0 Å². The Morgan fingerprint density at radius 3 is 2.00 bits per heavy atom. The van der Waals surface area contributed by atoms with Crippen LogP contribution in [0.5, 0.6) is 0 Å². The first-order chi connectivity index (χ1) is 7.43. The summed E-state index contributed by atoms with van der Waals surface area (Å²) in [5, 5.41) is 8.60. The normalized spacial score (nSPS) is 15.1. The van der Waals surface area contributed by atoms with Gasteiger partial charge < -0.3 is 9.66 Å². The first-order valence-corrected chi connectivity index (χ1v) is 7.53. The van der Waals surface area contributed by atoms with Gasteiger partial charge in [-0.05, 0) is 12.8 Å². The monoisotopic (exact) mass is 274 g/mol. The molecule has 0 aliphatic heterocycles. The van der Waals surface area contributed by atoms with E-state index < -0.39 is 21.5 Å². The molecule has 0 aromatic rings. The van der Waals surface area contributed by atoms with Gasteiger partial charge in [0.05, 0.1) is 11.4 Å². The average Bonchev–Trinajstić information content (AvgIpc) is 2.16. The SMILES string of the molecule is CCCCCC(O)C(CCCC)S(=O)(=O)[O-].[Na+]. The standard InChI is InChI=1S/C11H24O4S.Na/c1-3-5-7-8-10(12)11(9-6-4-2)16(13,14)15;/h10-12H,3-9H2,1-2H3,(H,13,14,15);/q;+1/p-1. The van der Waals surface area contributed by atoms with Gasteiger partial charge in [-0.2, -0.15) is 0 Å². The van der Waals surface area contributed by atoms with Crippen LogP contribution in [0.2, 0.25) is 0 Å². The Morgan fingerprint density at radius 2 is 1.59 bits per heavy atom. The zero-order valence-electron chi connectivity index (χ0n) is 11.2. The Morgan fingerprint density at radius 1 is 1.06 bits per heavy atom. The molecule has 0 aromatic carbocycles. The van der Waals surface area contributed by atoms with E-state index in [4.69, 9.17) is 0 Å². The molecule has 0 fully saturated rings. The summed E-state index contributed by atoms with van der Waals surface area (Å²) in [7, 11) is -4.37. The van der Waals surface area contributed by atoms with Gasteiger partial charge in [-0.1, -0.05) is 46.0 Å². The minimum Gasteiger partial charge on any atom is -0.748 e. The van der Waals surface area contributed by atoms with E-state index in [-0.39, 0.29) is 36.0 Å². The summed E-state index contributed by atoms with van der Waals surface area (Å²) in [5.41, 5.74) is 0. The molecule has 0 spiro atoms. The second-order valence-corrected chi connectivity index (χ2v) is 5.83. The number of hydrogen-bond acceptors (Lipinski definition) is 4. The largest absolute Gasteiger partial charge is 1.00 e. The van der Waals surface area contributed by atoms with Crippen LogP contribution < -0.4 is 29.6 Å². The minimum absolute atomic E-state index is 0. The number of aliphatic hydroxyl groups excluding tert-OH is 1. The molecular weight excluding hydrogens is 251 g/mol. The third kappa shape index (κ3) is 9.45. The summed E-state index contributed by atoms with van der Waals surface area (Å²) in [6.07, 6.45) is 3.91. The summed E-state index contributed by atoms with van der Waals surface area (Å²) < 4.78 is 33.0. The van der Waals surface area contributed by atoms with Crippen LogP contribution in [-0.2, 0) is 10.1 Å². The van der Waals surface area contributed by atoms with Gasteiger partial charge in [0.15, 0.2) is 0 Å². The van der Waals surface area contributed by atoms with Crippen molar-refractivity contribution < 1.29 is 47.6 Å². The fourth-order valence-electron chi connectivity index (χ4n) is 1.72. The van der Waals surface area contributed by atoms with Crippen molar-refractivity contribution in [2.75, 3.05) is 0 Å². The van der Waals surface area contributed by atoms with Gasteiger partial charge >= 0.3 is 29.6 Å². The van der Waals surface area contributed by atoms with Gasteiger partial charge in [-0.15, -0.1) is 0 Å². The Labute approximate surface area is 127 Å². The Hall–Kier alpha value is 0.870. The van der Waals surface area contributed by atoms with E-state index in [0.29, 0.717) is 12.8 Å². The molecule has 17 heavy (non-hydrogen) atoms. The molecule has 2 unspecified atom stereocenters. The van der Waals surface area contributed by atoms with Crippen LogP contribution in [0.25, 0.3) is 0 Å². The number of rotatable bonds is 9. The van der Waals surface area contributed by atoms with E-state index in [9.17, 15) is 18.1 Å². The summed E-state index contributed by atoms with van der Waals surface area (Å²) in [6, 6.07) is 0. The Bertz CT molecular complexity index is 267. The third-order valence-corrected chi connectivity index (χ3v) is 4.04. The molecule has 0 heterocycles. The molecule has 0 saturated carbocycles. The van der Waals surface area contributed by atoms with Crippen molar-refractivity contribution in [2.24, 2.45) is 0 Å². The van der Waals surface area contributed by atoms with Crippen molar-refractivity contribution in [2.45, 2.75) is 70.1 Å². The van der Waals surface area contributed by atoms with Crippen molar-refractivity contribution in [1.29, 1.82) is 0 Å². The molecule has 0 radical (unpaired) electrons. The van der Waals surface area contributed by atoms with Gasteiger partial charge in [0.1, 0.15) is 10.1 Å². The Kier molecular flexibility index (Phi) is 12.8. The summed E-state index contributed by atoms with van der Waals surface area (Å²) in [5.74, 6) is 0. The van der Waals surface area contributed by atoms with E-state index in [1.165, 1.54) is 0 Å². The van der Waals surface area contributed by atoms with Crippen molar-refractivity contribution in [3.63, 3.8) is 0 Å². The molecule has 0 aliphatic carbocycles. The number of hydrogen-bond donors (Lipinski definition) is 1. The van der Waals surface area contributed by atoms with Gasteiger partial charge in [-0.25, -0.2) is 8.42 Å². The predicted molar refractivity (Wildman–Crippen MR) is 63.2 cm³/mol. The fraction of sp³-hybridized carbons (Fsp3) is 1.00. The minimum atomic E-state index is -4.37. The molecule has 0 saturated heterocycles. The van der Waals surface area contributed by atoms with Crippen LogP contribution >= 0.6 is 0 Å². The molecule has 1 N–H and O–H groups in total. The van der Waals surface area contributed by atoms with Gasteiger partial charge in [0, 0.05) is 0 Å². The van der Waals surface area contributed by atoms with E-state index >= 15 is 0 Å². The van der Waals surface area contributed by atoms with Crippen molar-refractivity contribution in [1.82, 2.24) is 0 Å². The van der Waals surface area contributed by atoms with E-state index in [2.05, 4.69) is 0 Å². The third-order valence-electron chi connectivity index (χ3n) is 2.75. The van der Waals surface area contributed by atoms with Crippen LogP contribution in [0.15, 0.2) is 0 Å². The summed E-state index contributed by atoms with van der Waals surface area (Å²) >= 11 is 0. The molecule has 98 valence electrons. The van der Waals surface area contributed by atoms with Crippen molar-refractivity contribution in [3.8, 4) is 0 Å². The molecule has 0 aliphatic rings. The molecule has 0 aromatic heterocycles. The molecule has 4 nitrogen and oxygen atoms in total. The van der Waals surface area contributed by atoms with E-state index in [1.807, 2.05) is 13.8 Å². The number of unbranched alkanes of at least 4 members (excludes halogenated alkanes) is 3. The molecule has 2 atom stereocenters.